The first-order valence-electron chi connectivity index (χ1n) is 7.53. The van der Waals surface area contributed by atoms with Crippen LogP contribution < -0.4 is 5.32 Å². The van der Waals surface area contributed by atoms with Crippen LogP contribution in [0.3, 0.4) is 0 Å². The van der Waals surface area contributed by atoms with Gasteiger partial charge in [-0.3, -0.25) is 9.48 Å². The van der Waals surface area contributed by atoms with E-state index in [4.69, 9.17) is 16.3 Å². The predicted octanol–water partition coefficient (Wildman–Crippen LogP) is 4.05. The number of methoxy groups -OCH3 is 1. The van der Waals surface area contributed by atoms with Gasteiger partial charge in [-0.2, -0.15) is 5.10 Å². The number of esters is 1. The number of nitrogens with one attached hydrogen (secondary N) is 1. The number of ether oxygens (including phenoxy) is 1. The van der Waals surface area contributed by atoms with Crippen LogP contribution in [-0.2, 0) is 9.53 Å². The molecule has 0 fully saturated rings. The molecule has 3 rings (SSSR count). The van der Waals surface area contributed by atoms with Crippen molar-refractivity contribution < 1.29 is 14.3 Å². The lowest BCUT2D eigenvalue weighted by molar-refractivity contribution is -0.119. The lowest BCUT2D eigenvalue weighted by Crippen LogP contribution is -2.25. The molecule has 0 spiro atoms. The van der Waals surface area contributed by atoms with Gasteiger partial charge < -0.3 is 10.1 Å². The topological polar surface area (TPSA) is 73.2 Å². The summed E-state index contributed by atoms with van der Waals surface area (Å²) in [7, 11) is 1.31. The predicted molar refractivity (Wildman–Crippen MR) is 98.5 cm³/mol. The van der Waals surface area contributed by atoms with Crippen molar-refractivity contribution in [1.29, 1.82) is 0 Å². The van der Waals surface area contributed by atoms with Crippen LogP contribution in [0, 0.1) is 6.92 Å². The van der Waals surface area contributed by atoms with Crippen LogP contribution in [0.15, 0.2) is 30.5 Å². The first-order chi connectivity index (χ1) is 11.9. The SMILES string of the molecule is COC(=O)c1sc2cc(NC(=O)C(C)n3nccc3C)ccc2c1Cl. The number of hydrogen-bond donors (Lipinski definition) is 1. The number of aromatic nitrogens is 2. The van der Waals surface area contributed by atoms with Crippen LogP contribution >= 0.6 is 22.9 Å². The van der Waals surface area contributed by atoms with E-state index in [0.29, 0.717) is 15.6 Å². The highest BCUT2D eigenvalue weighted by Gasteiger charge is 2.20. The van der Waals surface area contributed by atoms with Gasteiger partial charge in [0.05, 0.1) is 12.1 Å². The molecule has 1 atom stereocenters. The fourth-order valence-corrected chi connectivity index (χ4v) is 3.98. The molecule has 6 nitrogen and oxygen atoms in total. The fourth-order valence-electron chi connectivity index (χ4n) is 2.51. The Morgan fingerprint density at radius 3 is 2.76 bits per heavy atom. The molecule has 1 aromatic carbocycles. The number of fused-ring (bicyclic) bond motifs is 1. The minimum absolute atomic E-state index is 0.179. The van der Waals surface area contributed by atoms with E-state index in [1.54, 1.807) is 36.0 Å². The number of carbonyl (C=O) groups is 2. The summed E-state index contributed by atoms with van der Waals surface area (Å²) in [6, 6.07) is 6.72. The lowest BCUT2D eigenvalue weighted by Gasteiger charge is -2.14. The Bertz CT molecular complexity index is 963. The van der Waals surface area contributed by atoms with Gasteiger partial charge in [-0.05, 0) is 38.1 Å². The van der Waals surface area contributed by atoms with Gasteiger partial charge in [0.2, 0.25) is 5.91 Å². The highest BCUT2D eigenvalue weighted by molar-refractivity contribution is 7.21. The highest BCUT2D eigenvalue weighted by Crippen LogP contribution is 2.37. The Kier molecular flexibility index (Phi) is 4.78. The van der Waals surface area contributed by atoms with E-state index < -0.39 is 12.0 Å². The molecule has 0 bridgehead atoms. The number of amides is 1. The summed E-state index contributed by atoms with van der Waals surface area (Å²) >= 11 is 7.47. The summed E-state index contributed by atoms with van der Waals surface area (Å²) in [5.74, 6) is -0.651. The average molecular weight is 378 g/mol. The standard InChI is InChI=1S/C17H16ClN3O3S/c1-9-6-7-19-21(9)10(2)16(22)20-11-4-5-12-13(8-11)25-15(14(12)18)17(23)24-3/h4-8,10H,1-3H3,(H,20,22). The van der Waals surface area contributed by atoms with Crippen LogP contribution in [0.1, 0.15) is 28.3 Å². The summed E-state index contributed by atoms with van der Waals surface area (Å²) < 4.78 is 7.19. The Morgan fingerprint density at radius 1 is 1.36 bits per heavy atom. The second-order valence-corrected chi connectivity index (χ2v) is 6.96. The van der Waals surface area contributed by atoms with Crippen LogP contribution in [0.5, 0.6) is 0 Å². The Morgan fingerprint density at radius 2 is 2.12 bits per heavy atom. The summed E-state index contributed by atoms with van der Waals surface area (Å²) in [6.07, 6.45) is 1.66. The van der Waals surface area contributed by atoms with Crippen molar-refractivity contribution in [2.75, 3.05) is 12.4 Å². The highest BCUT2D eigenvalue weighted by atomic mass is 35.5. The quantitative estimate of drug-likeness (QED) is 0.696. The molecular formula is C17H16ClN3O3S. The Balaban J connectivity index is 1.86. The van der Waals surface area contributed by atoms with Crippen LogP contribution in [0.4, 0.5) is 5.69 Å². The Hall–Kier alpha value is -2.38. The van der Waals surface area contributed by atoms with E-state index in [1.807, 2.05) is 13.0 Å². The number of hydrogen-bond acceptors (Lipinski definition) is 5. The second kappa shape index (κ2) is 6.85. The van der Waals surface area contributed by atoms with Crippen molar-refractivity contribution >= 4 is 50.6 Å². The lowest BCUT2D eigenvalue weighted by atomic mass is 10.2. The van der Waals surface area contributed by atoms with Gasteiger partial charge in [-0.1, -0.05) is 11.6 Å². The summed E-state index contributed by atoms with van der Waals surface area (Å²) in [5.41, 5.74) is 1.54. The molecule has 0 saturated carbocycles. The molecule has 0 radical (unpaired) electrons. The van der Waals surface area contributed by atoms with Gasteiger partial charge in [0.25, 0.3) is 0 Å². The second-order valence-electron chi connectivity index (χ2n) is 5.53. The van der Waals surface area contributed by atoms with Crippen LogP contribution in [0.2, 0.25) is 5.02 Å². The molecule has 2 aromatic heterocycles. The molecule has 0 aliphatic heterocycles. The van der Waals surface area contributed by atoms with Gasteiger partial charge in [0, 0.05) is 27.7 Å². The van der Waals surface area contributed by atoms with Crippen LogP contribution in [0.25, 0.3) is 10.1 Å². The zero-order chi connectivity index (χ0) is 18.1. The average Bonchev–Trinajstić information content (AvgIpc) is 3.17. The number of benzene rings is 1. The van der Waals surface area contributed by atoms with Gasteiger partial charge >= 0.3 is 5.97 Å². The molecular weight excluding hydrogens is 362 g/mol. The normalized spacial score (nSPS) is 12.2. The maximum absolute atomic E-state index is 12.5. The third kappa shape index (κ3) is 3.25. The number of anilines is 1. The number of rotatable bonds is 4. The molecule has 1 unspecified atom stereocenters. The molecule has 0 aliphatic carbocycles. The Labute approximate surface area is 153 Å². The monoisotopic (exact) mass is 377 g/mol. The largest absolute Gasteiger partial charge is 0.465 e. The number of aryl methyl sites for hydroxylation is 1. The number of nitrogens with zero attached hydrogens (tertiary/aromatic N) is 2. The zero-order valence-electron chi connectivity index (χ0n) is 13.9. The first kappa shape index (κ1) is 17.4. The molecule has 8 heteroatoms. The molecule has 1 amide bonds. The number of halogens is 1. The molecule has 2 heterocycles. The van der Waals surface area contributed by atoms with E-state index in [0.717, 1.165) is 15.8 Å². The van der Waals surface area contributed by atoms with Gasteiger partial charge in [-0.15, -0.1) is 11.3 Å². The molecule has 3 aromatic rings. The summed E-state index contributed by atoms with van der Waals surface area (Å²) in [6.45, 7) is 3.68. The van der Waals surface area contributed by atoms with Crippen molar-refractivity contribution in [3.63, 3.8) is 0 Å². The van der Waals surface area contributed by atoms with E-state index in [1.165, 1.54) is 18.4 Å². The maximum Gasteiger partial charge on any atom is 0.349 e. The van der Waals surface area contributed by atoms with Crippen molar-refractivity contribution in [1.82, 2.24) is 9.78 Å². The van der Waals surface area contributed by atoms with Crippen molar-refractivity contribution in [3.8, 4) is 0 Å². The third-order valence-electron chi connectivity index (χ3n) is 3.88. The maximum atomic E-state index is 12.5. The fraction of sp³-hybridized carbons (Fsp3) is 0.235. The van der Waals surface area contributed by atoms with E-state index in [-0.39, 0.29) is 5.91 Å². The van der Waals surface area contributed by atoms with E-state index in [2.05, 4.69) is 10.4 Å². The number of carbonyl (C=O) groups excluding carboxylic acids is 2. The minimum atomic E-state index is -0.473. The van der Waals surface area contributed by atoms with E-state index in [9.17, 15) is 9.59 Å². The molecule has 0 aliphatic rings. The van der Waals surface area contributed by atoms with Crippen LogP contribution in [-0.4, -0.2) is 28.8 Å². The molecule has 1 N–H and O–H groups in total. The number of thiophene rings is 1. The van der Waals surface area contributed by atoms with Crippen molar-refractivity contribution in [2.24, 2.45) is 0 Å². The third-order valence-corrected chi connectivity index (χ3v) is 5.52. The molecule has 25 heavy (non-hydrogen) atoms. The first-order valence-corrected chi connectivity index (χ1v) is 8.73. The van der Waals surface area contributed by atoms with Gasteiger partial charge in [-0.25, -0.2) is 4.79 Å². The smallest absolute Gasteiger partial charge is 0.349 e. The van der Waals surface area contributed by atoms with Gasteiger partial charge in [0.1, 0.15) is 10.9 Å². The van der Waals surface area contributed by atoms with E-state index >= 15 is 0 Å². The molecule has 130 valence electrons. The zero-order valence-corrected chi connectivity index (χ0v) is 15.4. The van der Waals surface area contributed by atoms with Crippen molar-refractivity contribution in [3.05, 3.63) is 46.1 Å². The summed E-state index contributed by atoms with van der Waals surface area (Å²) in [4.78, 5) is 24.6. The summed E-state index contributed by atoms with van der Waals surface area (Å²) in [5, 5.41) is 8.15. The minimum Gasteiger partial charge on any atom is -0.465 e. The van der Waals surface area contributed by atoms with Gasteiger partial charge in [0.15, 0.2) is 0 Å². The molecule has 0 saturated heterocycles. The van der Waals surface area contributed by atoms with Crippen molar-refractivity contribution in [2.45, 2.75) is 19.9 Å².